The molecule has 0 bridgehead atoms. The lowest BCUT2D eigenvalue weighted by Crippen LogP contribution is -2.10. The Morgan fingerprint density at radius 2 is 0.544 bits per heavy atom. The number of anilines is 6. The Hall–Kier alpha value is -8.98. The molecule has 0 spiro atoms. The Morgan fingerprint density at radius 3 is 1.15 bits per heavy atom. The van der Waals surface area contributed by atoms with Crippen LogP contribution >= 0.6 is 0 Å². The highest BCUT2D eigenvalue weighted by Gasteiger charge is 2.21. The van der Waals surface area contributed by atoms with E-state index in [4.69, 9.17) is 0 Å². The van der Waals surface area contributed by atoms with E-state index in [0.717, 1.165) is 34.1 Å². The zero-order valence-electron chi connectivity index (χ0n) is 37.3. The minimum absolute atomic E-state index is 1.11. The summed E-state index contributed by atoms with van der Waals surface area (Å²) >= 11 is 0. The van der Waals surface area contributed by atoms with Crippen LogP contribution in [0.2, 0.25) is 0 Å². The van der Waals surface area contributed by atoms with Gasteiger partial charge in [0.15, 0.2) is 0 Å². The molecule has 0 aliphatic carbocycles. The third-order valence-electron chi connectivity index (χ3n) is 13.7. The van der Waals surface area contributed by atoms with Crippen LogP contribution < -0.4 is 9.80 Å². The van der Waals surface area contributed by atoms with Crippen LogP contribution in [0.4, 0.5) is 34.1 Å². The number of benzene rings is 13. The molecule has 318 valence electrons. The average Bonchev–Trinajstić information content (AvgIpc) is 3.42. The lowest BCUT2D eigenvalue weighted by atomic mass is 9.87. The van der Waals surface area contributed by atoms with E-state index in [1.54, 1.807) is 0 Å². The van der Waals surface area contributed by atoms with Gasteiger partial charge in [0.2, 0.25) is 0 Å². The highest BCUT2D eigenvalue weighted by molar-refractivity contribution is 6.39. The van der Waals surface area contributed by atoms with Gasteiger partial charge in [-0.1, -0.05) is 194 Å². The Labute approximate surface area is 395 Å². The van der Waals surface area contributed by atoms with Gasteiger partial charge in [0, 0.05) is 34.1 Å². The normalized spacial score (nSPS) is 11.5. The molecular formula is C66H44N2. The first-order chi connectivity index (χ1) is 33.7. The van der Waals surface area contributed by atoms with Crippen LogP contribution in [0.3, 0.4) is 0 Å². The third kappa shape index (κ3) is 6.73. The summed E-state index contributed by atoms with van der Waals surface area (Å²) in [6.07, 6.45) is 0. The summed E-state index contributed by atoms with van der Waals surface area (Å²) in [6, 6.07) is 97.5. The second-order valence-electron chi connectivity index (χ2n) is 17.7. The van der Waals surface area contributed by atoms with Crippen LogP contribution in [0.5, 0.6) is 0 Å². The van der Waals surface area contributed by atoms with Crippen LogP contribution in [0.25, 0.3) is 86.9 Å². The molecule has 0 unspecified atom stereocenters. The third-order valence-corrected chi connectivity index (χ3v) is 13.7. The van der Waals surface area contributed by atoms with E-state index >= 15 is 0 Å². The topological polar surface area (TPSA) is 6.48 Å². The quantitative estimate of drug-likeness (QED) is 0.140. The van der Waals surface area contributed by atoms with Crippen LogP contribution in [0, 0.1) is 0 Å². The molecule has 0 N–H and O–H groups in total. The highest BCUT2D eigenvalue weighted by Crippen LogP contribution is 2.48. The maximum Gasteiger partial charge on any atom is 0.0468 e. The smallest absolute Gasteiger partial charge is 0.0468 e. The molecule has 13 rings (SSSR count). The predicted octanol–water partition coefficient (Wildman–Crippen LogP) is 18.9. The number of hydrogen-bond donors (Lipinski definition) is 0. The number of nitrogens with zero attached hydrogens (tertiary/aromatic N) is 2. The molecule has 0 radical (unpaired) electrons. The fourth-order valence-corrected chi connectivity index (χ4v) is 10.6. The fraction of sp³-hybridized carbons (Fsp3) is 0. The molecule has 0 amide bonds. The number of hydrogen-bond acceptors (Lipinski definition) is 2. The van der Waals surface area contributed by atoms with Gasteiger partial charge >= 0.3 is 0 Å². The van der Waals surface area contributed by atoms with Crippen molar-refractivity contribution in [1.82, 2.24) is 0 Å². The van der Waals surface area contributed by atoms with E-state index in [2.05, 4.69) is 277 Å². The zero-order valence-corrected chi connectivity index (χ0v) is 37.3. The molecule has 2 nitrogen and oxygen atoms in total. The van der Waals surface area contributed by atoms with Crippen molar-refractivity contribution in [2.45, 2.75) is 0 Å². The van der Waals surface area contributed by atoms with Gasteiger partial charge in [-0.05, 0) is 160 Å². The molecule has 0 atom stereocenters. The molecule has 13 aromatic rings. The molecule has 2 heteroatoms. The van der Waals surface area contributed by atoms with Gasteiger partial charge in [-0.3, -0.25) is 0 Å². The van der Waals surface area contributed by atoms with Crippen molar-refractivity contribution in [2.75, 3.05) is 9.80 Å². The number of para-hydroxylation sites is 1. The van der Waals surface area contributed by atoms with Gasteiger partial charge in [0.1, 0.15) is 0 Å². The van der Waals surface area contributed by atoms with E-state index in [1.165, 1.54) is 86.9 Å². The summed E-state index contributed by atoms with van der Waals surface area (Å²) in [5, 5.41) is 14.9. The number of fused-ring (bicyclic) bond motifs is 12. The van der Waals surface area contributed by atoms with Crippen LogP contribution in [-0.4, -0.2) is 0 Å². The van der Waals surface area contributed by atoms with E-state index in [1.807, 2.05) is 0 Å². The largest absolute Gasteiger partial charge is 0.310 e. The zero-order chi connectivity index (χ0) is 45.0. The molecule has 0 fully saturated rings. The molecule has 0 saturated carbocycles. The Balaban J connectivity index is 1.03. The summed E-state index contributed by atoms with van der Waals surface area (Å²) in [4.78, 5) is 4.80. The van der Waals surface area contributed by atoms with Crippen molar-refractivity contribution < 1.29 is 0 Å². The maximum atomic E-state index is 2.42. The molecule has 0 heterocycles. The summed E-state index contributed by atoms with van der Waals surface area (Å²) in [7, 11) is 0. The molecule has 0 aliphatic heterocycles. The predicted molar refractivity (Wildman–Crippen MR) is 292 cm³/mol. The Bertz CT molecular complexity index is 4010. The molecule has 0 aromatic heterocycles. The van der Waals surface area contributed by atoms with E-state index in [9.17, 15) is 0 Å². The maximum absolute atomic E-state index is 2.42. The second kappa shape index (κ2) is 16.5. The molecule has 0 aliphatic rings. The summed E-state index contributed by atoms with van der Waals surface area (Å²) in [5.74, 6) is 0. The molecular weight excluding hydrogens is 821 g/mol. The highest BCUT2D eigenvalue weighted by atomic mass is 15.1. The fourth-order valence-electron chi connectivity index (χ4n) is 10.6. The first-order valence-electron chi connectivity index (χ1n) is 23.4. The summed E-state index contributed by atoms with van der Waals surface area (Å²) < 4.78 is 0. The van der Waals surface area contributed by atoms with Crippen molar-refractivity contribution in [3.05, 3.63) is 267 Å². The minimum Gasteiger partial charge on any atom is -0.310 e. The van der Waals surface area contributed by atoms with Crippen molar-refractivity contribution in [3.63, 3.8) is 0 Å². The lowest BCUT2D eigenvalue weighted by Gasteiger charge is -2.27. The van der Waals surface area contributed by atoms with Gasteiger partial charge < -0.3 is 9.80 Å². The minimum atomic E-state index is 1.11. The summed E-state index contributed by atoms with van der Waals surface area (Å²) in [5.41, 5.74) is 11.4. The lowest BCUT2D eigenvalue weighted by molar-refractivity contribution is 1.29. The first-order valence-corrected chi connectivity index (χ1v) is 23.4. The van der Waals surface area contributed by atoms with Gasteiger partial charge in [-0.15, -0.1) is 0 Å². The monoisotopic (exact) mass is 864 g/mol. The van der Waals surface area contributed by atoms with Gasteiger partial charge in [-0.2, -0.15) is 0 Å². The standard InChI is InChI=1S/C66H44N2/c1-4-17-45(18-5-1)48-31-34-52(35-32-48)67(51-24-8-3-9-25-51)55-37-39-61-63(43-55)57-27-12-14-29-59(57)66-62-40-38-56(44-64(62)58-28-13-15-30-60(58)65(61)66)68(54-36-33-47-21-10-11-22-49(47)42-54)53-26-16-23-50(41-53)46-19-6-2-7-20-46/h1-44H. The van der Waals surface area contributed by atoms with Gasteiger partial charge in [0.25, 0.3) is 0 Å². The Kier molecular flexibility index (Phi) is 9.54. The average molecular weight is 865 g/mol. The van der Waals surface area contributed by atoms with Gasteiger partial charge in [-0.25, -0.2) is 0 Å². The SMILES string of the molecule is c1ccc(-c2ccc(N(c3ccccc3)c3ccc4c(c3)c3ccccc3c3c5ccc(N(c6cccc(-c7ccccc7)c6)c6ccc7ccccc7c6)cc5c5ccccc5c43)cc2)cc1. The van der Waals surface area contributed by atoms with E-state index in [-0.39, 0.29) is 0 Å². The van der Waals surface area contributed by atoms with E-state index in [0.29, 0.717) is 0 Å². The molecule has 0 saturated heterocycles. The first kappa shape index (κ1) is 39.4. The van der Waals surface area contributed by atoms with Crippen molar-refractivity contribution in [2.24, 2.45) is 0 Å². The molecule has 13 aromatic carbocycles. The van der Waals surface area contributed by atoms with Crippen LogP contribution in [0.1, 0.15) is 0 Å². The van der Waals surface area contributed by atoms with Crippen LogP contribution in [-0.2, 0) is 0 Å². The second-order valence-corrected chi connectivity index (χ2v) is 17.7. The van der Waals surface area contributed by atoms with Crippen molar-refractivity contribution in [1.29, 1.82) is 0 Å². The van der Waals surface area contributed by atoms with Crippen molar-refractivity contribution in [3.8, 4) is 22.3 Å². The van der Waals surface area contributed by atoms with E-state index < -0.39 is 0 Å². The van der Waals surface area contributed by atoms with Gasteiger partial charge in [0.05, 0.1) is 0 Å². The number of rotatable bonds is 8. The summed E-state index contributed by atoms with van der Waals surface area (Å²) in [6.45, 7) is 0. The molecule has 68 heavy (non-hydrogen) atoms. The van der Waals surface area contributed by atoms with Crippen LogP contribution in [0.15, 0.2) is 267 Å². The Morgan fingerprint density at radius 1 is 0.176 bits per heavy atom. The van der Waals surface area contributed by atoms with Crippen molar-refractivity contribution >= 4 is 98.8 Å².